The lowest BCUT2D eigenvalue weighted by Crippen LogP contribution is -2.50. The van der Waals surface area contributed by atoms with Crippen molar-refractivity contribution in [3.8, 4) is 0 Å². The summed E-state index contributed by atoms with van der Waals surface area (Å²) < 4.78 is 0. The molecule has 0 aliphatic carbocycles. The number of hydrogen-bond donors (Lipinski definition) is 4. The topological polar surface area (TPSA) is 98.7 Å². The van der Waals surface area contributed by atoms with Gasteiger partial charge in [-0.05, 0) is 12.5 Å². The van der Waals surface area contributed by atoms with E-state index < -0.39 is 24.1 Å². The summed E-state index contributed by atoms with van der Waals surface area (Å²) in [6.07, 6.45) is -1.16. The van der Waals surface area contributed by atoms with Crippen LogP contribution >= 0.6 is 0 Å². The van der Waals surface area contributed by atoms with Crippen molar-refractivity contribution in [2.75, 3.05) is 0 Å². The fraction of sp³-hybridized carbons (Fsp3) is 0.333. The number of aliphatic carboxylic acids is 1. The second-order valence-electron chi connectivity index (χ2n) is 3.87. The lowest BCUT2D eigenvalue weighted by Gasteiger charge is -2.17. The van der Waals surface area contributed by atoms with Gasteiger partial charge in [0.25, 0.3) is 0 Å². The maximum absolute atomic E-state index is 11.4. The Hall–Kier alpha value is -2.08. The molecule has 0 radical (unpaired) electrons. The van der Waals surface area contributed by atoms with Gasteiger partial charge in [-0.2, -0.15) is 0 Å². The molecule has 1 aromatic rings. The molecule has 0 aromatic heterocycles. The number of urea groups is 1. The number of nitrogens with one attached hydrogen (secondary N) is 2. The minimum absolute atomic E-state index is 0.290. The van der Waals surface area contributed by atoms with Gasteiger partial charge in [0.15, 0.2) is 6.04 Å². The van der Waals surface area contributed by atoms with Crippen LogP contribution in [0.2, 0.25) is 0 Å². The highest BCUT2D eigenvalue weighted by Gasteiger charge is 2.24. The molecule has 1 aromatic carbocycles. The molecule has 2 atom stereocenters. The maximum Gasteiger partial charge on any atom is 0.328 e. The van der Waals surface area contributed by atoms with Crippen molar-refractivity contribution in [2.24, 2.45) is 0 Å². The number of aliphatic hydroxyl groups excluding tert-OH is 1. The standard InChI is InChI=1S/C12H16N2O4/c1-8(15)10(11(16)17)14-12(18)13-7-9-5-3-2-4-6-9/h2-6,8,10,15H,7H2,1H3,(H,16,17)(H2,13,14,18). The normalized spacial score (nSPS) is 13.4. The highest BCUT2D eigenvalue weighted by atomic mass is 16.4. The first kappa shape index (κ1) is 14.0. The summed E-state index contributed by atoms with van der Waals surface area (Å²) in [7, 11) is 0. The minimum Gasteiger partial charge on any atom is -0.480 e. The van der Waals surface area contributed by atoms with Crippen LogP contribution in [0.3, 0.4) is 0 Å². The number of rotatable bonds is 5. The van der Waals surface area contributed by atoms with Gasteiger partial charge in [-0.15, -0.1) is 0 Å². The number of carbonyl (C=O) groups is 2. The maximum atomic E-state index is 11.4. The van der Waals surface area contributed by atoms with E-state index in [1.54, 1.807) is 0 Å². The van der Waals surface area contributed by atoms with Gasteiger partial charge in [0.2, 0.25) is 0 Å². The van der Waals surface area contributed by atoms with Crippen LogP contribution < -0.4 is 10.6 Å². The summed E-state index contributed by atoms with van der Waals surface area (Å²) in [6, 6.07) is 7.26. The van der Waals surface area contributed by atoms with Crippen LogP contribution in [0.1, 0.15) is 12.5 Å². The second-order valence-corrected chi connectivity index (χ2v) is 3.87. The molecule has 2 unspecified atom stereocenters. The number of benzene rings is 1. The van der Waals surface area contributed by atoms with Crippen molar-refractivity contribution in [3.05, 3.63) is 35.9 Å². The van der Waals surface area contributed by atoms with Crippen LogP contribution in [0.25, 0.3) is 0 Å². The Balaban J connectivity index is 2.44. The lowest BCUT2D eigenvalue weighted by molar-refractivity contribution is -0.141. The Morgan fingerprint density at radius 2 is 1.89 bits per heavy atom. The van der Waals surface area contributed by atoms with Gasteiger partial charge in [-0.25, -0.2) is 9.59 Å². The zero-order valence-electron chi connectivity index (χ0n) is 9.96. The molecule has 0 saturated carbocycles. The molecular formula is C12H16N2O4. The highest BCUT2D eigenvalue weighted by Crippen LogP contribution is 1.97. The van der Waals surface area contributed by atoms with Crippen LogP contribution in [0, 0.1) is 0 Å². The molecule has 6 heteroatoms. The van der Waals surface area contributed by atoms with Gasteiger partial charge in [-0.3, -0.25) is 0 Å². The van der Waals surface area contributed by atoms with E-state index in [9.17, 15) is 14.7 Å². The summed E-state index contributed by atoms with van der Waals surface area (Å²) in [6.45, 7) is 1.59. The average molecular weight is 252 g/mol. The Bertz CT molecular complexity index is 406. The van der Waals surface area contributed by atoms with E-state index >= 15 is 0 Å². The molecule has 0 fully saturated rings. The monoisotopic (exact) mass is 252 g/mol. The molecule has 0 heterocycles. The van der Waals surface area contributed by atoms with Gasteiger partial charge in [-0.1, -0.05) is 30.3 Å². The lowest BCUT2D eigenvalue weighted by atomic mass is 10.2. The SMILES string of the molecule is CC(O)C(NC(=O)NCc1ccccc1)C(=O)O. The molecule has 0 aliphatic rings. The number of aliphatic hydroxyl groups is 1. The predicted octanol–water partition coefficient (Wildman–Crippen LogP) is 0.320. The highest BCUT2D eigenvalue weighted by molar-refractivity contribution is 5.82. The molecule has 0 spiro atoms. The number of hydrogen-bond acceptors (Lipinski definition) is 3. The van der Waals surface area contributed by atoms with E-state index in [1.807, 2.05) is 30.3 Å². The molecule has 0 saturated heterocycles. The van der Waals surface area contributed by atoms with E-state index in [4.69, 9.17) is 5.11 Å². The van der Waals surface area contributed by atoms with E-state index in [1.165, 1.54) is 6.92 Å². The third-order valence-corrected chi connectivity index (χ3v) is 2.33. The fourth-order valence-corrected chi connectivity index (χ4v) is 1.36. The van der Waals surface area contributed by atoms with Crippen molar-refractivity contribution >= 4 is 12.0 Å². The van der Waals surface area contributed by atoms with Gasteiger partial charge >= 0.3 is 12.0 Å². The summed E-state index contributed by atoms with van der Waals surface area (Å²) in [4.78, 5) is 22.2. The average Bonchev–Trinajstić information content (AvgIpc) is 2.34. The first-order valence-corrected chi connectivity index (χ1v) is 5.50. The number of carbonyl (C=O) groups excluding carboxylic acids is 1. The zero-order valence-corrected chi connectivity index (χ0v) is 9.96. The number of carboxylic acids is 1. The van der Waals surface area contributed by atoms with Crippen molar-refractivity contribution in [1.29, 1.82) is 0 Å². The smallest absolute Gasteiger partial charge is 0.328 e. The van der Waals surface area contributed by atoms with E-state index in [2.05, 4.69) is 10.6 Å². The van der Waals surface area contributed by atoms with Crippen LogP contribution in [-0.4, -0.2) is 34.4 Å². The third kappa shape index (κ3) is 4.42. The molecule has 0 aliphatic heterocycles. The summed E-state index contributed by atoms with van der Waals surface area (Å²) in [5.41, 5.74) is 0.900. The molecule has 1 rings (SSSR count). The Morgan fingerprint density at radius 1 is 1.28 bits per heavy atom. The Kier molecular flexibility index (Phi) is 5.13. The molecule has 2 amide bonds. The van der Waals surface area contributed by atoms with Crippen molar-refractivity contribution in [1.82, 2.24) is 10.6 Å². The first-order chi connectivity index (χ1) is 8.50. The van der Waals surface area contributed by atoms with E-state index in [-0.39, 0.29) is 0 Å². The van der Waals surface area contributed by atoms with Gasteiger partial charge in [0.05, 0.1) is 6.10 Å². The fourth-order valence-electron chi connectivity index (χ4n) is 1.36. The number of carboxylic acid groups (broad SMARTS) is 1. The second kappa shape index (κ2) is 6.61. The van der Waals surface area contributed by atoms with Crippen LogP contribution in [0.4, 0.5) is 4.79 Å². The minimum atomic E-state index is -1.32. The molecular weight excluding hydrogens is 236 g/mol. The number of amides is 2. The van der Waals surface area contributed by atoms with Gasteiger partial charge < -0.3 is 20.8 Å². The summed E-state index contributed by atoms with van der Waals surface area (Å²) in [5, 5.41) is 22.7. The van der Waals surface area contributed by atoms with E-state index in [0.29, 0.717) is 6.54 Å². The van der Waals surface area contributed by atoms with Crippen LogP contribution in [-0.2, 0) is 11.3 Å². The Morgan fingerprint density at radius 3 is 2.39 bits per heavy atom. The first-order valence-electron chi connectivity index (χ1n) is 5.50. The van der Waals surface area contributed by atoms with Gasteiger partial charge in [0, 0.05) is 6.54 Å². The largest absolute Gasteiger partial charge is 0.480 e. The quantitative estimate of drug-likeness (QED) is 0.606. The van der Waals surface area contributed by atoms with Gasteiger partial charge in [0.1, 0.15) is 0 Å². The zero-order chi connectivity index (χ0) is 13.5. The molecule has 4 N–H and O–H groups in total. The van der Waals surface area contributed by atoms with Crippen LogP contribution in [0.5, 0.6) is 0 Å². The van der Waals surface area contributed by atoms with Crippen molar-refractivity contribution in [2.45, 2.75) is 25.6 Å². The van der Waals surface area contributed by atoms with E-state index in [0.717, 1.165) is 5.56 Å². The predicted molar refractivity (Wildman–Crippen MR) is 64.9 cm³/mol. The molecule has 6 nitrogen and oxygen atoms in total. The van der Waals surface area contributed by atoms with Crippen LogP contribution in [0.15, 0.2) is 30.3 Å². The summed E-state index contributed by atoms with van der Waals surface area (Å²) in [5.74, 6) is -1.28. The third-order valence-electron chi connectivity index (χ3n) is 2.33. The molecule has 0 bridgehead atoms. The van der Waals surface area contributed by atoms with Crippen molar-refractivity contribution in [3.63, 3.8) is 0 Å². The molecule has 18 heavy (non-hydrogen) atoms. The Labute approximate surface area is 105 Å². The van der Waals surface area contributed by atoms with Crippen molar-refractivity contribution < 1.29 is 19.8 Å². The summed E-state index contributed by atoms with van der Waals surface area (Å²) >= 11 is 0. The molecule has 98 valence electrons.